The molecule has 2 atom stereocenters. The second kappa shape index (κ2) is 9.42. The number of amides is 1. The number of ether oxygens (including phenoxy) is 2. The first-order chi connectivity index (χ1) is 14.0. The topological polar surface area (TPSA) is 114 Å². The average molecular weight is 403 g/mol. The summed E-state index contributed by atoms with van der Waals surface area (Å²) in [6.45, 7) is 5.06. The highest BCUT2D eigenvalue weighted by Gasteiger charge is 2.34. The van der Waals surface area contributed by atoms with E-state index < -0.39 is 12.1 Å². The minimum Gasteiger partial charge on any atom is -0.476 e. The largest absolute Gasteiger partial charge is 0.476 e. The van der Waals surface area contributed by atoms with Gasteiger partial charge in [-0.1, -0.05) is 30.3 Å². The van der Waals surface area contributed by atoms with Crippen LogP contribution >= 0.6 is 0 Å². The molecule has 0 spiro atoms. The van der Waals surface area contributed by atoms with Crippen molar-refractivity contribution in [3.05, 3.63) is 47.3 Å². The molecular weight excluding hydrogens is 378 g/mol. The summed E-state index contributed by atoms with van der Waals surface area (Å²) in [4.78, 5) is 29.3. The molecule has 9 nitrogen and oxygen atoms in total. The van der Waals surface area contributed by atoms with Gasteiger partial charge in [-0.3, -0.25) is 0 Å². The number of benzene rings is 1. The smallest absolute Gasteiger partial charge is 0.407 e. The van der Waals surface area contributed by atoms with Gasteiger partial charge in [0.2, 0.25) is 0 Å². The molecule has 0 bridgehead atoms. The highest BCUT2D eigenvalue weighted by atomic mass is 16.5. The molecule has 156 valence electrons. The van der Waals surface area contributed by atoms with Gasteiger partial charge in [0, 0.05) is 13.2 Å². The number of hydrogen-bond acceptors (Lipinski definition) is 7. The van der Waals surface area contributed by atoms with Crippen LogP contribution in [-0.2, 0) is 16.1 Å². The van der Waals surface area contributed by atoms with Crippen molar-refractivity contribution in [2.45, 2.75) is 39.0 Å². The predicted octanol–water partition coefficient (Wildman–Crippen LogP) is 2.59. The zero-order valence-corrected chi connectivity index (χ0v) is 16.5. The number of aromatic nitrogens is 1. The Bertz CT molecular complexity index is 838. The van der Waals surface area contributed by atoms with Crippen molar-refractivity contribution in [2.75, 3.05) is 24.6 Å². The minimum atomic E-state index is -1.13. The van der Waals surface area contributed by atoms with Gasteiger partial charge in [-0.05, 0) is 25.8 Å². The summed E-state index contributed by atoms with van der Waals surface area (Å²) in [5, 5.41) is 12.0. The van der Waals surface area contributed by atoms with Gasteiger partial charge in [0.1, 0.15) is 12.4 Å². The van der Waals surface area contributed by atoms with Crippen LogP contribution in [0.5, 0.6) is 0 Å². The zero-order valence-electron chi connectivity index (χ0n) is 16.5. The lowest BCUT2D eigenvalue weighted by Crippen LogP contribution is -2.55. The number of aryl methyl sites for hydroxylation is 1. The SMILES string of the molecule is CCO[C@H]1CN(c2nc(C(=O)O)c(C)o2)CC[C@H]1NC(=O)OCc1ccccc1. The Morgan fingerprint density at radius 3 is 2.76 bits per heavy atom. The highest BCUT2D eigenvalue weighted by Crippen LogP contribution is 2.24. The first kappa shape index (κ1) is 20.7. The van der Waals surface area contributed by atoms with E-state index in [1.165, 1.54) is 0 Å². The van der Waals surface area contributed by atoms with Gasteiger partial charge < -0.3 is 29.2 Å². The van der Waals surface area contributed by atoms with Crippen LogP contribution in [0.2, 0.25) is 0 Å². The maximum atomic E-state index is 12.2. The van der Waals surface area contributed by atoms with E-state index in [1.807, 2.05) is 42.2 Å². The number of carboxylic acids is 1. The quantitative estimate of drug-likeness (QED) is 0.725. The molecular formula is C20H25N3O6. The fourth-order valence-corrected chi connectivity index (χ4v) is 3.27. The van der Waals surface area contributed by atoms with E-state index in [9.17, 15) is 9.59 Å². The van der Waals surface area contributed by atoms with Crippen molar-refractivity contribution in [1.82, 2.24) is 10.3 Å². The third-order valence-electron chi connectivity index (χ3n) is 4.71. The Kier molecular flexibility index (Phi) is 6.71. The first-order valence-corrected chi connectivity index (χ1v) is 9.52. The molecule has 2 aromatic rings. The molecule has 1 fully saturated rings. The number of nitrogens with one attached hydrogen (secondary N) is 1. The van der Waals surface area contributed by atoms with Crippen molar-refractivity contribution >= 4 is 18.1 Å². The molecule has 2 heterocycles. The van der Waals surface area contributed by atoms with Crippen LogP contribution in [0.1, 0.15) is 35.2 Å². The molecule has 3 rings (SSSR count). The number of carbonyl (C=O) groups excluding carboxylic acids is 1. The number of aromatic carboxylic acids is 1. The number of oxazole rings is 1. The van der Waals surface area contributed by atoms with E-state index in [2.05, 4.69) is 10.3 Å². The van der Waals surface area contributed by atoms with Gasteiger partial charge in [-0.2, -0.15) is 4.98 Å². The van der Waals surface area contributed by atoms with Gasteiger partial charge in [-0.25, -0.2) is 9.59 Å². The molecule has 1 aliphatic rings. The third-order valence-corrected chi connectivity index (χ3v) is 4.71. The molecule has 0 unspecified atom stereocenters. The number of hydrogen-bond donors (Lipinski definition) is 2. The Balaban J connectivity index is 1.59. The van der Waals surface area contributed by atoms with Crippen LogP contribution in [-0.4, -0.2) is 54.0 Å². The Morgan fingerprint density at radius 2 is 2.10 bits per heavy atom. The third kappa shape index (κ3) is 5.26. The summed E-state index contributed by atoms with van der Waals surface area (Å²) in [6.07, 6.45) is -0.231. The summed E-state index contributed by atoms with van der Waals surface area (Å²) in [5.41, 5.74) is 0.810. The minimum absolute atomic E-state index is 0.0994. The normalized spacial score (nSPS) is 19.0. The summed E-state index contributed by atoms with van der Waals surface area (Å²) in [6, 6.07) is 9.46. The van der Waals surface area contributed by atoms with E-state index in [4.69, 9.17) is 19.0 Å². The van der Waals surface area contributed by atoms with Crippen LogP contribution in [0.3, 0.4) is 0 Å². The lowest BCUT2D eigenvalue weighted by molar-refractivity contribution is 0.0252. The van der Waals surface area contributed by atoms with Gasteiger partial charge in [-0.15, -0.1) is 0 Å². The molecule has 1 aromatic heterocycles. The molecule has 0 saturated carbocycles. The lowest BCUT2D eigenvalue weighted by atomic mass is 10.0. The highest BCUT2D eigenvalue weighted by molar-refractivity contribution is 5.86. The van der Waals surface area contributed by atoms with Crippen molar-refractivity contribution < 1.29 is 28.6 Å². The monoisotopic (exact) mass is 403 g/mol. The maximum Gasteiger partial charge on any atom is 0.407 e. The molecule has 0 aliphatic carbocycles. The van der Waals surface area contributed by atoms with E-state index in [1.54, 1.807) is 6.92 Å². The van der Waals surface area contributed by atoms with Gasteiger partial charge >= 0.3 is 12.1 Å². The number of nitrogens with zero attached hydrogens (tertiary/aromatic N) is 2. The average Bonchev–Trinajstić information content (AvgIpc) is 3.11. The molecule has 1 aromatic carbocycles. The molecule has 1 saturated heterocycles. The molecule has 0 radical (unpaired) electrons. The first-order valence-electron chi connectivity index (χ1n) is 9.52. The summed E-state index contributed by atoms with van der Waals surface area (Å²) >= 11 is 0. The van der Waals surface area contributed by atoms with Crippen LogP contribution in [0.4, 0.5) is 10.8 Å². The fourth-order valence-electron chi connectivity index (χ4n) is 3.27. The van der Waals surface area contributed by atoms with Crippen molar-refractivity contribution in [2.24, 2.45) is 0 Å². The fraction of sp³-hybridized carbons (Fsp3) is 0.450. The van der Waals surface area contributed by atoms with Crippen molar-refractivity contribution in [1.29, 1.82) is 0 Å². The molecule has 29 heavy (non-hydrogen) atoms. The van der Waals surface area contributed by atoms with Gasteiger partial charge in [0.15, 0.2) is 5.69 Å². The van der Waals surface area contributed by atoms with E-state index in [-0.39, 0.29) is 36.2 Å². The van der Waals surface area contributed by atoms with E-state index in [0.717, 1.165) is 5.56 Å². The second-order valence-electron chi connectivity index (χ2n) is 6.75. The molecule has 1 amide bonds. The summed E-state index contributed by atoms with van der Waals surface area (Å²) in [5.74, 6) is -0.873. The number of carboxylic acid groups (broad SMARTS) is 1. The number of anilines is 1. The Morgan fingerprint density at radius 1 is 1.34 bits per heavy atom. The number of piperidine rings is 1. The number of alkyl carbamates (subject to hydrolysis) is 1. The van der Waals surface area contributed by atoms with Gasteiger partial charge in [0.05, 0.1) is 18.7 Å². The lowest BCUT2D eigenvalue weighted by Gasteiger charge is -2.37. The standard InChI is InChI=1S/C20H25N3O6/c1-3-27-16-11-23(19-22-17(18(24)25)13(2)29-19)10-9-15(16)21-20(26)28-12-14-7-5-4-6-8-14/h4-8,15-16H,3,9-12H2,1-2H3,(H,21,26)(H,24,25)/t15-,16+/m1/s1. The zero-order chi connectivity index (χ0) is 20.8. The van der Waals surface area contributed by atoms with Crippen LogP contribution in [0.15, 0.2) is 34.7 Å². The molecule has 2 N–H and O–H groups in total. The van der Waals surface area contributed by atoms with Crippen molar-refractivity contribution in [3.8, 4) is 0 Å². The van der Waals surface area contributed by atoms with Crippen LogP contribution < -0.4 is 10.2 Å². The van der Waals surface area contributed by atoms with Crippen LogP contribution in [0, 0.1) is 6.92 Å². The second-order valence-corrected chi connectivity index (χ2v) is 6.75. The van der Waals surface area contributed by atoms with E-state index in [0.29, 0.717) is 26.1 Å². The van der Waals surface area contributed by atoms with E-state index >= 15 is 0 Å². The predicted molar refractivity (Wildman–Crippen MR) is 104 cm³/mol. The Hall–Kier alpha value is -3.07. The Labute approximate surface area is 168 Å². The van der Waals surface area contributed by atoms with Crippen LogP contribution in [0.25, 0.3) is 0 Å². The maximum absolute atomic E-state index is 12.2. The number of rotatable bonds is 7. The van der Waals surface area contributed by atoms with Gasteiger partial charge in [0.25, 0.3) is 6.01 Å². The van der Waals surface area contributed by atoms with Crippen molar-refractivity contribution in [3.63, 3.8) is 0 Å². The molecule has 9 heteroatoms. The number of carbonyl (C=O) groups is 2. The molecule has 1 aliphatic heterocycles. The summed E-state index contributed by atoms with van der Waals surface area (Å²) in [7, 11) is 0. The summed E-state index contributed by atoms with van der Waals surface area (Å²) < 4.78 is 16.6.